The van der Waals surface area contributed by atoms with Crippen LogP contribution >= 0.6 is 0 Å². The predicted octanol–water partition coefficient (Wildman–Crippen LogP) is 5.50. The van der Waals surface area contributed by atoms with Crippen LogP contribution < -0.4 is 0 Å². The van der Waals surface area contributed by atoms with Crippen LogP contribution in [0.3, 0.4) is 0 Å². The molecule has 2 nitrogen and oxygen atoms in total. The van der Waals surface area contributed by atoms with Gasteiger partial charge in [0.1, 0.15) is 0 Å². The van der Waals surface area contributed by atoms with Crippen LogP contribution in [-0.2, 0) is 0 Å². The number of nitrogens with zero attached hydrogens (tertiary/aromatic N) is 1. The summed E-state index contributed by atoms with van der Waals surface area (Å²) in [7, 11) is 0. The number of oxime groups is 1. The molecule has 7 atom stereocenters. The van der Waals surface area contributed by atoms with Crippen molar-refractivity contribution in [1.29, 1.82) is 0 Å². The summed E-state index contributed by atoms with van der Waals surface area (Å²) in [6.07, 6.45) is 16.2. The van der Waals surface area contributed by atoms with E-state index in [1.165, 1.54) is 64.2 Å². The molecule has 0 radical (unpaired) electrons. The zero-order valence-corrected chi connectivity index (χ0v) is 14.4. The molecule has 4 saturated carbocycles. The van der Waals surface area contributed by atoms with E-state index in [0.717, 1.165) is 23.7 Å². The first-order valence-electron chi connectivity index (χ1n) is 9.77. The molecule has 4 aliphatic carbocycles. The van der Waals surface area contributed by atoms with Crippen molar-refractivity contribution < 1.29 is 5.21 Å². The topological polar surface area (TPSA) is 32.6 Å². The minimum Gasteiger partial charge on any atom is -0.411 e. The van der Waals surface area contributed by atoms with E-state index in [0.29, 0.717) is 16.7 Å². The fourth-order valence-corrected chi connectivity index (χ4v) is 7.66. The molecule has 0 saturated heterocycles. The molecule has 0 heterocycles. The average Bonchev–Trinajstić information content (AvgIpc) is 2.84. The maximum atomic E-state index is 9.03. The maximum Gasteiger partial charge on any atom is 0.0472 e. The Bertz CT molecular complexity index is 461. The van der Waals surface area contributed by atoms with Crippen LogP contribution in [0.4, 0.5) is 0 Å². The highest BCUT2D eigenvalue weighted by Gasteiger charge is 2.59. The Hall–Kier alpha value is -0.530. The van der Waals surface area contributed by atoms with Gasteiger partial charge in [0, 0.05) is 12.1 Å². The third kappa shape index (κ3) is 1.94. The second kappa shape index (κ2) is 5.24. The first-order valence-corrected chi connectivity index (χ1v) is 9.77. The van der Waals surface area contributed by atoms with Gasteiger partial charge in [-0.3, -0.25) is 0 Å². The van der Waals surface area contributed by atoms with Gasteiger partial charge in [0.25, 0.3) is 0 Å². The number of hydrogen-bond donors (Lipinski definition) is 1. The fraction of sp³-hybridized carbons (Fsp3) is 0.950. The molecule has 1 N–H and O–H groups in total. The minimum absolute atomic E-state index is 0.408. The van der Waals surface area contributed by atoms with Crippen molar-refractivity contribution in [3.8, 4) is 0 Å². The Labute approximate surface area is 135 Å². The SMILES string of the molecule is C[C@]12CCCCC1CC[C@@H]1[C@H]2CC[C@]2(C)C(C=NO)CC[C@@H]12. The number of rotatable bonds is 1. The lowest BCUT2D eigenvalue weighted by atomic mass is 9.45. The van der Waals surface area contributed by atoms with Crippen LogP contribution in [0, 0.1) is 40.4 Å². The van der Waals surface area contributed by atoms with Gasteiger partial charge < -0.3 is 5.21 Å². The highest BCUT2D eigenvalue weighted by atomic mass is 16.4. The summed E-state index contributed by atoms with van der Waals surface area (Å²) in [5, 5.41) is 12.4. The van der Waals surface area contributed by atoms with Gasteiger partial charge in [-0.05, 0) is 85.9 Å². The first kappa shape index (κ1) is 15.0. The van der Waals surface area contributed by atoms with E-state index in [9.17, 15) is 0 Å². The van der Waals surface area contributed by atoms with Crippen LogP contribution in [0.1, 0.15) is 78.1 Å². The molecule has 2 unspecified atom stereocenters. The Morgan fingerprint density at radius 2 is 1.68 bits per heavy atom. The molecule has 0 aromatic heterocycles. The largest absolute Gasteiger partial charge is 0.411 e. The summed E-state index contributed by atoms with van der Waals surface area (Å²) >= 11 is 0. The molecule has 0 spiro atoms. The highest BCUT2D eigenvalue weighted by Crippen LogP contribution is 2.67. The van der Waals surface area contributed by atoms with E-state index in [1.54, 1.807) is 0 Å². The van der Waals surface area contributed by atoms with Crippen LogP contribution in [0.15, 0.2) is 5.16 Å². The molecule has 0 aromatic rings. The summed E-state index contributed by atoms with van der Waals surface area (Å²) in [4.78, 5) is 0. The van der Waals surface area contributed by atoms with Gasteiger partial charge in [-0.1, -0.05) is 26.7 Å². The van der Waals surface area contributed by atoms with Crippen molar-refractivity contribution >= 4 is 6.21 Å². The Kier molecular flexibility index (Phi) is 3.58. The smallest absolute Gasteiger partial charge is 0.0472 e. The van der Waals surface area contributed by atoms with E-state index < -0.39 is 0 Å². The third-order valence-corrected chi connectivity index (χ3v) is 8.90. The van der Waals surface area contributed by atoms with Crippen molar-refractivity contribution in [2.45, 2.75) is 78.1 Å². The van der Waals surface area contributed by atoms with Crippen LogP contribution in [0.5, 0.6) is 0 Å². The average molecular weight is 303 g/mol. The summed E-state index contributed by atoms with van der Waals surface area (Å²) in [5.41, 5.74) is 1.05. The summed E-state index contributed by atoms with van der Waals surface area (Å²) in [6, 6.07) is 0. The van der Waals surface area contributed by atoms with Crippen molar-refractivity contribution in [3.05, 3.63) is 0 Å². The zero-order chi connectivity index (χ0) is 15.4. The Morgan fingerprint density at radius 3 is 2.50 bits per heavy atom. The molecule has 0 amide bonds. The van der Waals surface area contributed by atoms with Crippen molar-refractivity contribution in [3.63, 3.8) is 0 Å². The quantitative estimate of drug-likeness (QED) is 0.387. The lowest BCUT2D eigenvalue weighted by molar-refractivity contribution is -0.106. The molecule has 0 bridgehead atoms. The van der Waals surface area contributed by atoms with Crippen LogP contribution in [0.2, 0.25) is 0 Å². The van der Waals surface area contributed by atoms with Crippen molar-refractivity contribution in [2.24, 2.45) is 45.6 Å². The minimum atomic E-state index is 0.408. The lowest BCUT2D eigenvalue weighted by Gasteiger charge is -2.60. The number of fused-ring (bicyclic) bond motifs is 5. The van der Waals surface area contributed by atoms with Gasteiger partial charge in [-0.2, -0.15) is 0 Å². The molecule has 4 fully saturated rings. The molecule has 0 aliphatic heterocycles. The third-order valence-electron chi connectivity index (χ3n) is 8.90. The van der Waals surface area contributed by atoms with Crippen LogP contribution in [0.25, 0.3) is 0 Å². The van der Waals surface area contributed by atoms with Gasteiger partial charge in [0.2, 0.25) is 0 Å². The first-order chi connectivity index (χ1) is 10.6. The lowest BCUT2D eigenvalue weighted by Crippen LogP contribution is -2.52. The van der Waals surface area contributed by atoms with Gasteiger partial charge in [-0.15, -0.1) is 5.16 Å². The molecule has 124 valence electrons. The maximum absolute atomic E-state index is 9.03. The van der Waals surface area contributed by atoms with Gasteiger partial charge in [0.15, 0.2) is 0 Å². The summed E-state index contributed by atoms with van der Waals surface area (Å²) in [5.74, 6) is 4.35. The molecular formula is C20H33NO. The normalized spacial score (nSPS) is 54.7. The van der Waals surface area contributed by atoms with Crippen molar-refractivity contribution in [2.75, 3.05) is 0 Å². The molecule has 4 rings (SSSR count). The summed E-state index contributed by atoms with van der Waals surface area (Å²) in [6.45, 7) is 5.15. The summed E-state index contributed by atoms with van der Waals surface area (Å²) < 4.78 is 0. The monoisotopic (exact) mass is 303 g/mol. The molecule has 0 aromatic carbocycles. The standard InChI is InChI=1S/C20H33NO/c1-19-11-4-3-5-14(19)6-8-16-17-9-7-15(13-21-22)20(17,2)12-10-18(16)19/h13-18,22H,3-12H2,1-2H3/t14?,15?,16-,17-,18+,19-,20+/m0/s1. The Balaban J connectivity index is 1.62. The van der Waals surface area contributed by atoms with Crippen LogP contribution in [-0.4, -0.2) is 11.4 Å². The predicted molar refractivity (Wildman–Crippen MR) is 90.1 cm³/mol. The van der Waals surface area contributed by atoms with E-state index in [2.05, 4.69) is 19.0 Å². The fourth-order valence-electron chi connectivity index (χ4n) is 7.66. The van der Waals surface area contributed by atoms with Gasteiger partial charge >= 0.3 is 0 Å². The van der Waals surface area contributed by atoms with E-state index in [4.69, 9.17) is 5.21 Å². The van der Waals surface area contributed by atoms with Gasteiger partial charge in [0.05, 0.1) is 0 Å². The number of hydrogen-bond acceptors (Lipinski definition) is 2. The van der Waals surface area contributed by atoms with E-state index in [-0.39, 0.29) is 0 Å². The van der Waals surface area contributed by atoms with E-state index in [1.807, 2.05) is 6.21 Å². The van der Waals surface area contributed by atoms with Crippen molar-refractivity contribution in [1.82, 2.24) is 0 Å². The van der Waals surface area contributed by atoms with Gasteiger partial charge in [-0.25, -0.2) is 0 Å². The zero-order valence-electron chi connectivity index (χ0n) is 14.4. The van der Waals surface area contributed by atoms with E-state index >= 15 is 0 Å². The molecular weight excluding hydrogens is 270 g/mol. The second-order valence-electron chi connectivity index (χ2n) is 9.40. The Morgan fingerprint density at radius 1 is 0.864 bits per heavy atom. The molecule has 2 heteroatoms. The highest BCUT2D eigenvalue weighted by molar-refractivity contribution is 5.62. The molecule has 22 heavy (non-hydrogen) atoms. The second-order valence-corrected chi connectivity index (χ2v) is 9.40. The molecule has 4 aliphatic rings.